The molecule has 0 spiro atoms. The lowest BCUT2D eigenvalue weighted by atomic mass is 10.1. The number of amides is 4. The van der Waals surface area contributed by atoms with Crippen LogP contribution in [0.15, 0.2) is 30.3 Å². The van der Waals surface area contributed by atoms with Gasteiger partial charge in [0.15, 0.2) is 0 Å². The summed E-state index contributed by atoms with van der Waals surface area (Å²) in [6, 6.07) is 5.92. The Kier molecular flexibility index (Phi) is 4.54. The zero-order valence-corrected chi connectivity index (χ0v) is 13.0. The van der Waals surface area contributed by atoms with Crippen molar-refractivity contribution in [2.75, 3.05) is 4.90 Å². The fourth-order valence-electron chi connectivity index (χ4n) is 2.32. The van der Waals surface area contributed by atoms with Gasteiger partial charge in [-0.2, -0.15) is 13.2 Å². The summed E-state index contributed by atoms with van der Waals surface area (Å²) in [5, 5.41) is 3.25. The van der Waals surface area contributed by atoms with Crippen LogP contribution in [0.1, 0.15) is 20.3 Å². The van der Waals surface area contributed by atoms with Crippen molar-refractivity contribution in [3.63, 3.8) is 0 Å². The quantitative estimate of drug-likeness (QED) is 0.823. The fraction of sp³-hybridized carbons (Fsp3) is 0.400. The molecule has 0 bridgehead atoms. The summed E-state index contributed by atoms with van der Waals surface area (Å²) in [4.78, 5) is 36.6. The third-order valence-corrected chi connectivity index (χ3v) is 3.38. The van der Waals surface area contributed by atoms with Gasteiger partial charge in [0.25, 0.3) is 11.6 Å². The zero-order chi connectivity index (χ0) is 18.1. The first-order valence-corrected chi connectivity index (χ1v) is 7.18. The standard InChI is InChI=1S/C15H16F3N3O3/c1-9(2)8-11(22)19-14(15(16,17)18)12(23)21(13(24)20-14)10-6-4-3-5-7-10/h3-7,9H,8H2,1-2H3,(H,19,22)(H,20,24)/t14-/m0/s1. The van der Waals surface area contributed by atoms with Crippen LogP contribution in [0.3, 0.4) is 0 Å². The molecule has 1 atom stereocenters. The number of hydrogen-bond donors (Lipinski definition) is 2. The molecule has 0 saturated carbocycles. The third kappa shape index (κ3) is 3.06. The number of hydrogen-bond acceptors (Lipinski definition) is 3. The van der Waals surface area contributed by atoms with E-state index in [2.05, 4.69) is 0 Å². The van der Waals surface area contributed by atoms with Gasteiger partial charge in [-0.1, -0.05) is 32.0 Å². The second-order valence-corrected chi connectivity index (χ2v) is 5.80. The van der Waals surface area contributed by atoms with E-state index in [0.717, 1.165) is 0 Å². The maximum absolute atomic E-state index is 13.5. The van der Waals surface area contributed by atoms with E-state index in [-0.39, 0.29) is 18.0 Å². The van der Waals surface area contributed by atoms with Crippen molar-refractivity contribution in [3.05, 3.63) is 30.3 Å². The first-order valence-electron chi connectivity index (χ1n) is 7.18. The number of nitrogens with one attached hydrogen (secondary N) is 2. The number of alkyl halides is 3. The van der Waals surface area contributed by atoms with Crippen molar-refractivity contribution in [1.82, 2.24) is 10.6 Å². The number of carbonyl (C=O) groups excluding carboxylic acids is 3. The summed E-state index contributed by atoms with van der Waals surface area (Å²) in [5.41, 5.74) is -3.49. The molecule has 6 nitrogen and oxygen atoms in total. The number of nitrogens with zero attached hydrogens (tertiary/aromatic N) is 1. The van der Waals surface area contributed by atoms with Crippen molar-refractivity contribution in [1.29, 1.82) is 0 Å². The van der Waals surface area contributed by atoms with E-state index < -0.39 is 29.7 Å². The Balaban J connectivity index is 2.41. The molecule has 1 fully saturated rings. The molecule has 2 rings (SSSR count). The number of anilines is 1. The van der Waals surface area contributed by atoms with E-state index in [0.29, 0.717) is 4.90 Å². The van der Waals surface area contributed by atoms with Crippen molar-refractivity contribution < 1.29 is 27.6 Å². The van der Waals surface area contributed by atoms with Crippen LogP contribution in [0, 0.1) is 5.92 Å². The van der Waals surface area contributed by atoms with E-state index >= 15 is 0 Å². The van der Waals surface area contributed by atoms with Gasteiger partial charge in [-0.15, -0.1) is 0 Å². The molecule has 2 N–H and O–H groups in total. The largest absolute Gasteiger partial charge is 0.440 e. The predicted molar refractivity (Wildman–Crippen MR) is 78.8 cm³/mol. The smallest absolute Gasteiger partial charge is 0.318 e. The van der Waals surface area contributed by atoms with Gasteiger partial charge in [-0.25, -0.2) is 9.69 Å². The summed E-state index contributed by atoms with van der Waals surface area (Å²) in [7, 11) is 0. The SMILES string of the molecule is CC(C)CC(=O)N[C@]1(C(F)(F)F)NC(=O)N(c2ccccc2)C1=O. The molecule has 24 heavy (non-hydrogen) atoms. The molecule has 1 saturated heterocycles. The minimum Gasteiger partial charge on any atom is -0.318 e. The second kappa shape index (κ2) is 6.14. The van der Waals surface area contributed by atoms with Gasteiger partial charge < -0.3 is 5.32 Å². The summed E-state index contributed by atoms with van der Waals surface area (Å²) < 4.78 is 40.6. The van der Waals surface area contributed by atoms with E-state index in [4.69, 9.17) is 0 Å². The first-order chi connectivity index (χ1) is 11.1. The number of halogens is 3. The summed E-state index contributed by atoms with van der Waals surface area (Å²) in [5.74, 6) is -2.79. The highest BCUT2D eigenvalue weighted by molar-refractivity contribution is 6.24. The molecule has 4 amide bonds. The average molecular weight is 343 g/mol. The Labute approximate surface area is 136 Å². The minimum absolute atomic E-state index is 0.0239. The number of carbonyl (C=O) groups is 3. The van der Waals surface area contributed by atoms with Crippen molar-refractivity contribution >= 4 is 23.5 Å². The van der Waals surface area contributed by atoms with Gasteiger partial charge in [0.2, 0.25) is 5.91 Å². The maximum Gasteiger partial charge on any atom is 0.440 e. The molecular formula is C15H16F3N3O3. The fourth-order valence-corrected chi connectivity index (χ4v) is 2.32. The van der Waals surface area contributed by atoms with Gasteiger partial charge in [0.05, 0.1) is 5.69 Å². The molecule has 130 valence electrons. The summed E-state index contributed by atoms with van der Waals surface area (Å²) in [6.45, 7) is 3.29. The number of urea groups is 1. The Morgan fingerprint density at radius 3 is 2.33 bits per heavy atom. The average Bonchev–Trinajstić information content (AvgIpc) is 2.70. The molecule has 1 aromatic carbocycles. The Hall–Kier alpha value is -2.58. The van der Waals surface area contributed by atoms with Crippen LogP contribution in [0.5, 0.6) is 0 Å². The normalized spacial score (nSPS) is 21.2. The van der Waals surface area contributed by atoms with Crippen molar-refractivity contribution in [3.8, 4) is 0 Å². The van der Waals surface area contributed by atoms with Crippen LogP contribution < -0.4 is 15.5 Å². The molecule has 9 heteroatoms. The molecular weight excluding hydrogens is 327 g/mol. The molecule has 0 unspecified atom stereocenters. The van der Waals surface area contributed by atoms with E-state index in [1.165, 1.54) is 24.3 Å². The van der Waals surface area contributed by atoms with E-state index in [1.54, 1.807) is 30.5 Å². The van der Waals surface area contributed by atoms with E-state index in [9.17, 15) is 27.6 Å². The Morgan fingerprint density at radius 2 is 1.83 bits per heavy atom. The lowest BCUT2D eigenvalue weighted by molar-refractivity contribution is -0.201. The number of rotatable bonds is 4. The van der Waals surface area contributed by atoms with Crippen LogP contribution >= 0.6 is 0 Å². The summed E-state index contributed by atoms with van der Waals surface area (Å²) in [6.07, 6.45) is -5.41. The second-order valence-electron chi connectivity index (χ2n) is 5.80. The molecule has 1 aromatic rings. The van der Waals surface area contributed by atoms with Crippen LogP contribution in [-0.2, 0) is 9.59 Å². The lowest BCUT2D eigenvalue weighted by Crippen LogP contribution is -2.69. The minimum atomic E-state index is -5.20. The molecule has 0 aromatic heterocycles. The number of para-hydroxylation sites is 1. The first kappa shape index (κ1) is 17.8. The molecule has 1 aliphatic heterocycles. The highest BCUT2D eigenvalue weighted by Gasteiger charge is 2.69. The predicted octanol–water partition coefficient (Wildman–Crippen LogP) is 2.16. The number of imide groups is 1. The lowest BCUT2D eigenvalue weighted by Gasteiger charge is -2.30. The van der Waals surface area contributed by atoms with Gasteiger partial charge in [-0.3, -0.25) is 14.9 Å². The third-order valence-electron chi connectivity index (χ3n) is 3.38. The molecule has 0 aliphatic carbocycles. The van der Waals surface area contributed by atoms with Crippen LogP contribution in [-0.4, -0.2) is 29.7 Å². The Bertz CT molecular complexity index is 661. The van der Waals surface area contributed by atoms with Crippen LogP contribution in [0.25, 0.3) is 0 Å². The molecule has 1 aliphatic rings. The van der Waals surface area contributed by atoms with Gasteiger partial charge in [0.1, 0.15) is 0 Å². The van der Waals surface area contributed by atoms with Crippen molar-refractivity contribution in [2.24, 2.45) is 5.92 Å². The van der Waals surface area contributed by atoms with Crippen molar-refractivity contribution in [2.45, 2.75) is 32.1 Å². The topological polar surface area (TPSA) is 78.5 Å². The van der Waals surface area contributed by atoms with Gasteiger partial charge >= 0.3 is 12.2 Å². The monoisotopic (exact) mass is 343 g/mol. The van der Waals surface area contributed by atoms with Gasteiger partial charge in [0, 0.05) is 6.42 Å². The van der Waals surface area contributed by atoms with Gasteiger partial charge in [-0.05, 0) is 18.1 Å². The van der Waals surface area contributed by atoms with Crippen LogP contribution in [0.2, 0.25) is 0 Å². The highest BCUT2D eigenvalue weighted by Crippen LogP contribution is 2.35. The molecule has 0 radical (unpaired) electrons. The Morgan fingerprint density at radius 1 is 1.25 bits per heavy atom. The summed E-state index contributed by atoms with van der Waals surface area (Å²) >= 11 is 0. The molecule has 1 heterocycles. The zero-order valence-electron chi connectivity index (χ0n) is 13.0. The van der Waals surface area contributed by atoms with Crippen LogP contribution in [0.4, 0.5) is 23.7 Å². The highest BCUT2D eigenvalue weighted by atomic mass is 19.4. The maximum atomic E-state index is 13.5. The number of benzene rings is 1. The van der Waals surface area contributed by atoms with E-state index in [1.807, 2.05) is 0 Å².